The molecule has 1 aromatic carbocycles. The van der Waals surface area contributed by atoms with Gasteiger partial charge in [0.05, 0.1) is 0 Å². The minimum absolute atomic E-state index is 0.104. The number of hydrogen-bond acceptors (Lipinski definition) is 3. The second kappa shape index (κ2) is 8.98. The van der Waals surface area contributed by atoms with Crippen LogP contribution in [0.3, 0.4) is 0 Å². The molecule has 0 aromatic heterocycles. The molecule has 5 nitrogen and oxygen atoms in total. The summed E-state index contributed by atoms with van der Waals surface area (Å²) in [5.41, 5.74) is 1.89. The molecular weight excluding hydrogens is 337 g/mol. The Balaban J connectivity index is 1.98. The first kappa shape index (κ1) is 20.2. The van der Waals surface area contributed by atoms with E-state index in [1.165, 1.54) is 51.4 Å². The molecule has 2 unspecified atom stereocenters. The second-order valence-corrected chi connectivity index (χ2v) is 9.76. The molecule has 0 aliphatic heterocycles. The van der Waals surface area contributed by atoms with Gasteiger partial charge in [-0.1, -0.05) is 38.3 Å². The Morgan fingerprint density at radius 2 is 1.88 bits per heavy atom. The Hall–Kier alpha value is -1.16. The molecule has 2 N–H and O–H groups in total. The lowest BCUT2D eigenvalue weighted by molar-refractivity contribution is 0.0338. The quantitative estimate of drug-likeness (QED) is 0.565. The SMILES string of the molecule is COC(NC(=O)c1ccc(C2CCCCC2)cc1)[C@H](C)CP(C)(=O)O. The predicted octanol–water partition coefficient (Wildman–Crippen LogP) is 3.97. The number of methoxy groups -OCH3 is 1. The third-order valence-electron chi connectivity index (χ3n) is 4.92. The molecule has 1 aliphatic rings. The Kier molecular flexibility index (Phi) is 7.24. The molecule has 0 heterocycles. The number of carbonyl (C=O) groups is 1. The van der Waals surface area contributed by atoms with Gasteiger partial charge < -0.3 is 14.9 Å². The van der Waals surface area contributed by atoms with E-state index in [4.69, 9.17) is 4.74 Å². The highest BCUT2D eigenvalue weighted by Gasteiger charge is 2.25. The average molecular weight is 367 g/mol. The van der Waals surface area contributed by atoms with Crippen LogP contribution in [0, 0.1) is 5.92 Å². The summed E-state index contributed by atoms with van der Waals surface area (Å²) in [7, 11) is -1.67. The highest BCUT2D eigenvalue weighted by molar-refractivity contribution is 7.57. The Morgan fingerprint density at radius 1 is 1.28 bits per heavy atom. The van der Waals surface area contributed by atoms with Crippen LogP contribution in [0.5, 0.6) is 0 Å². The zero-order valence-electron chi connectivity index (χ0n) is 15.4. The van der Waals surface area contributed by atoms with Crippen LogP contribution >= 0.6 is 7.37 Å². The van der Waals surface area contributed by atoms with Crippen molar-refractivity contribution in [1.29, 1.82) is 0 Å². The number of hydrogen-bond donors (Lipinski definition) is 2. The summed E-state index contributed by atoms with van der Waals surface area (Å²) in [6, 6.07) is 7.80. The van der Waals surface area contributed by atoms with E-state index in [1.807, 2.05) is 24.3 Å². The standard InChI is InChI=1S/C19H30NO4P/c1-14(13-25(3,22)23)19(24-2)20-18(21)17-11-9-16(10-12-17)15-7-5-4-6-8-15/h9-12,14-15,19H,4-8,13H2,1-3H3,(H,20,21)(H,22,23)/t14-,19?/m1/s1. The normalized spacial score (nSPS) is 20.5. The van der Waals surface area contributed by atoms with Crippen molar-refractivity contribution in [3.05, 3.63) is 35.4 Å². The van der Waals surface area contributed by atoms with Gasteiger partial charge in [0.15, 0.2) is 7.37 Å². The first-order chi connectivity index (χ1) is 11.8. The zero-order valence-corrected chi connectivity index (χ0v) is 16.3. The molecule has 1 amide bonds. The van der Waals surface area contributed by atoms with Crippen molar-refractivity contribution in [2.45, 2.75) is 51.2 Å². The van der Waals surface area contributed by atoms with Gasteiger partial charge in [0, 0.05) is 31.4 Å². The lowest BCUT2D eigenvalue weighted by Crippen LogP contribution is -2.41. The van der Waals surface area contributed by atoms with Gasteiger partial charge in [0.1, 0.15) is 6.23 Å². The molecule has 140 valence electrons. The van der Waals surface area contributed by atoms with Crippen molar-refractivity contribution < 1.29 is 19.0 Å². The smallest absolute Gasteiger partial charge is 0.253 e. The van der Waals surface area contributed by atoms with Crippen molar-refractivity contribution >= 4 is 13.3 Å². The molecule has 25 heavy (non-hydrogen) atoms. The van der Waals surface area contributed by atoms with Gasteiger partial charge in [-0.3, -0.25) is 9.36 Å². The average Bonchev–Trinajstić information content (AvgIpc) is 2.58. The van der Waals surface area contributed by atoms with Crippen molar-refractivity contribution in [3.63, 3.8) is 0 Å². The summed E-state index contributed by atoms with van der Waals surface area (Å²) in [6.07, 6.45) is 5.86. The number of ether oxygens (including phenoxy) is 1. The molecular formula is C19H30NO4P. The maximum atomic E-state index is 12.4. The molecule has 0 saturated heterocycles. The van der Waals surface area contributed by atoms with Crippen LogP contribution in [0.4, 0.5) is 0 Å². The fraction of sp³-hybridized carbons (Fsp3) is 0.632. The zero-order chi connectivity index (χ0) is 18.4. The van der Waals surface area contributed by atoms with Crippen molar-refractivity contribution in [2.75, 3.05) is 19.9 Å². The van der Waals surface area contributed by atoms with E-state index in [1.54, 1.807) is 6.92 Å². The van der Waals surface area contributed by atoms with Crippen molar-refractivity contribution in [2.24, 2.45) is 5.92 Å². The molecule has 2 rings (SSSR count). The van der Waals surface area contributed by atoms with Crippen LogP contribution in [0.2, 0.25) is 0 Å². The molecule has 0 spiro atoms. The highest BCUT2D eigenvalue weighted by atomic mass is 31.2. The van der Waals surface area contributed by atoms with Gasteiger partial charge >= 0.3 is 0 Å². The first-order valence-electron chi connectivity index (χ1n) is 9.03. The van der Waals surface area contributed by atoms with Gasteiger partial charge in [-0.25, -0.2) is 0 Å². The predicted molar refractivity (Wildman–Crippen MR) is 100 cm³/mol. The number of amides is 1. The summed E-state index contributed by atoms with van der Waals surface area (Å²) in [4.78, 5) is 22.0. The van der Waals surface area contributed by atoms with Gasteiger partial charge in [-0.05, 0) is 36.5 Å². The topological polar surface area (TPSA) is 75.6 Å². The van der Waals surface area contributed by atoms with Crippen molar-refractivity contribution in [1.82, 2.24) is 5.32 Å². The minimum atomic E-state index is -3.16. The lowest BCUT2D eigenvalue weighted by atomic mass is 9.84. The highest BCUT2D eigenvalue weighted by Crippen LogP contribution is 2.38. The molecule has 6 heteroatoms. The van der Waals surface area contributed by atoms with E-state index < -0.39 is 13.6 Å². The van der Waals surface area contributed by atoms with Gasteiger partial charge in [0.2, 0.25) is 0 Å². The van der Waals surface area contributed by atoms with Gasteiger partial charge in [-0.2, -0.15) is 0 Å². The third-order valence-corrected chi connectivity index (χ3v) is 6.17. The van der Waals surface area contributed by atoms with Crippen molar-refractivity contribution in [3.8, 4) is 0 Å². The fourth-order valence-corrected chi connectivity index (χ4v) is 4.88. The van der Waals surface area contributed by atoms with E-state index in [9.17, 15) is 14.3 Å². The number of rotatable bonds is 7. The third kappa shape index (κ3) is 6.25. The largest absolute Gasteiger partial charge is 0.361 e. The molecule has 1 aromatic rings. The number of benzene rings is 1. The van der Waals surface area contributed by atoms with Crippen LogP contribution in [-0.4, -0.2) is 37.0 Å². The summed E-state index contributed by atoms with van der Waals surface area (Å²) in [5, 5.41) is 2.81. The van der Waals surface area contributed by atoms with Gasteiger partial charge in [0.25, 0.3) is 5.91 Å². The fourth-order valence-electron chi connectivity index (χ4n) is 3.62. The Bertz CT molecular complexity index is 604. The first-order valence-corrected chi connectivity index (χ1v) is 11.3. The lowest BCUT2D eigenvalue weighted by Gasteiger charge is -2.25. The van der Waals surface area contributed by atoms with E-state index in [0.29, 0.717) is 11.5 Å². The minimum Gasteiger partial charge on any atom is -0.361 e. The van der Waals surface area contributed by atoms with E-state index >= 15 is 0 Å². The maximum absolute atomic E-state index is 12.4. The Labute approximate surface area is 150 Å². The van der Waals surface area contributed by atoms with Crippen LogP contribution < -0.4 is 5.32 Å². The summed E-state index contributed by atoms with van der Waals surface area (Å²) in [5.74, 6) is 0.134. The molecule has 0 bridgehead atoms. The van der Waals surface area contributed by atoms with E-state index in [2.05, 4.69) is 5.32 Å². The molecule has 1 saturated carbocycles. The summed E-state index contributed by atoms with van der Waals surface area (Å²) < 4.78 is 16.9. The summed E-state index contributed by atoms with van der Waals surface area (Å²) in [6.45, 7) is 3.12. The Morgan fingerprint density at radius 3 is 2.40 bits per heavy atom. The second-order valence-electron chi connectivity index (χ2n) is 7.30. The number of nitrogens with one attached hydrogen (secondary N) is 1. The van der Waals surface area contributed by atoms with Crippen LogP contribution in [-0.2, 0) is 9.30 Å². The summed E-state index contributed by atoms with van der Waals surface area (Å²) >= 11 is 0. The molecule has 3 atom stereocenters. The maximum Gasteiger partial charge on any atom is 0.253 e. The molecule has 1 aliphatic carbocycles. The number of carbonyl (C=O) groups excluding carboxylic acids is 1. The van der Waals surface area contributed by atoms with E-state index in [-0.39, 0.29) is 18.0 Å². The van der Waals surface area contributed by atoms with Gasteiger partial charge in [-0.15, -0.1) is 0 Å². The molecule has 0 radical (unpaired) electrons. The molecule has 1 fully saturated rings. The monoisotopic (exact) mass is 367 g/mol. The van der Waals surface area contributed by atoms with Crippen LogP contribution in [0.25, 0.3) is 0 Å². The van der Waals surface area contributed by atoms with Crippen LogP contribution in [0.1, 0.15) is 60.9 Å². The van der Waals surface area contributed by atoms with Crippen LogP contribution in [0.15, 0.2) is 24.3 Å². The van der Waals surface area contributed by atoms with E-state index in [0.717, 1.165) is 0 Å².